The standard InChI is InChI=1S/C48H35N5/c1-29-4-12-33(13-5-29)45-37-20-22-39(50-37)46(34-14-6-30(2)7-15-34)41-24-26-43(52-41)48(36-18-10-32(28-49)11-19-36)44-27-25-42(53-44)47(40-23-21-38(45)51-40)35-16-8-31(3)9-17-35/h4-27,50,53H,1-3H3. The Morgan fingerprint density at radius 1 is 0.377 bits per heavy atom. The first-order valence-corrected chi connectivity index (χ1v) is 17.8. The van der Waals surface area contributed by atoms with Crippen LogP contribution < -0.4 is 0 Å². The third-order valence-corrected chi connectivity index (χ3v) is 10.1. The number of aryl methyl sites for hydroxylation is 3. The molecular formula is C48H35N5. The summed E-state index contributed by atoms with van der Waals surface area (Å²) in [6.45, 7) is 6.32. The molecule has 0 aliphatic carbocycles. The van der Waals surface area contributed by atoms with E-state index in [9.17, 15) is 5.26 Å². The zero-order chi connectivity index (χ0) is 36.1. The van der Waals surface area contributed by atoms with Crippen LogP contribution in [0.25, 0.3) is 90.9 Å². The molecule has 3 aromatic heterocycles. The molecule has 2 aliphatic rings. The molecule has 4 aromatic carbocycles. The van der Waals surface area contributed by atoms with Gasteiger partial charge in [-0.1, -0.05) is 102 Å². The van der Waals surface area contributed by atoms with Crippen molar-refractivity contribution in [3.05, 3.63) is 166 Å². The maximum absolute atomic E-state index is 9.59. The molecule has 0 fully saturated rings. The molecule has 7 aromatic rings. The lowest BCUT2D eigenvalue weighted by atomic mass is 10.0. The summed E-state index contributed by atoms with van der Waals surface area (Å²) in [5.74, 6) is 0. The molecule has 0 atom stereocenters. The number of hydrogen-bond acceptors (Lipinski definition) is 3. The second-order valence-corrected chi connectivity index (χ2v) is 13.8. The summed E-state index contributed by atoms with van der Waals surface area (Å²) in [6, 6.07) is 44.5. The minimum absolute atomic E-state index is 0.610. The Kier molecular flexibility index (Phi) is 7.79. The van der Waals surface area contributed by atoms with Gasteiger partial charge in [-0.2, -0.15) is 5.26 Å². The summed E-state index contributed by atoms with van der Waals surface area (Å²) in [5, 5.41) is 9.59. The molecule has 2 aliphatic heterocycles. The molecule has 0 saturated heterocycles. The molecule has 5 nitrogen and oxygen atoms in total. The van der Waals surface area contributed by atoms with Gasteiger partial charge in [0, 0.05) is 44.3 Å². The molecule has 8 bridgehead atoms. The van der Waals surface area contributed by atoms with Crippen LogP contribution in [-0.4, -0.2) is 19.9 Å². The molecule has 0 unspecified atom stereocenters. The average molecular weight is 682 g/mol. The number of fused-ring (bicyclic) bond motifs is 8. The molecule has 5 heteroatoms. The fourth-order valence-corrected chi connectivity index (χ4v) is 7.29. The first-order chi connectivity index (χ1) is 25.9. The molecular weight excluding hydrogens is 647 g/mol. The molecule has 53 heavy (non-hydrogen) atoms. The summed E-state index contributed by atoms with van der Waals surface area (Å²) in [7, 11) is 0. The Hall–Kier alpha value is -7.03. The molecule has 252 valence electrons. The topological polar surface area (TPSA) is 81.2 Å². The maximum atomic E-state index is 9.59. The van der Waals surface area contributed by atoms with Crippen LogP contribution in [-0.2, 0) is 0 Å². The minimum Gasteiger partial charge on any atom is -0.354 e. The van der Waals surface area contributed by atoms with Gasteiger partial charge in [-0.15, -0.1) is 0 Å². The van der Waals surface area contributed by atoms with Crippen LogP contribution in [0.3, 0.4) is 0 Å². The predicted octanol–water partition coefficient (Wildman–Crippen LogP) is 12.1. The highest BCUT2D eigenvalue weighted by Gasteiger charge is 2.19. The predicted molar refractivity (Wildman–Crippen MR) is 220 cm³/mol. The number of hydrogen-bond donors (Lipinski definition) is 2. The molecule has 2 N–H and O–H groups in total. The number of nitriles is 1. The highest BCUT2D eigenvalue weighted by molar-refractivity contribution is 5.99. The normalized spacial score (nSPS) is 11.9. The SMILES string of the molecule is Cc1ccc(-c2c3nc(c(-c4ccc(C)cc4)c4ccc([nH]4)c(-c4ccc(C#N)cc4)c4nc(c(-c5ccc(C)cc5)c5ccc2[nH]5)C=C4)C=C3)cc1. The molecule has 0 saturated carbocycles. The van der Waals surface area contributed by atoms with Gasteiger partial charge in [0.05, 0.1) is 34.4 Å². The van der Waals surface area contributed by atoms with Crippen LogP contribution in [0.1, 0.15) is 45.0 Å². The Morgan fingerprint density at radius 3 is 0.906 bits per heavy atom. The number of nitrogens with zero attached hydrogens (tertiary/aromatic N) is 3. The van der Waals surface area contributed by atoms with Crippen LogP contribution in [0.5, 0.6) is 0 Å². The van der Waals surface area contributed by atoms with Crippen molar-refractivity contribution in [2.45, 2.75) is 20.8 Å². The number of rotatable bonds is 4. The highest BCUT2D eigenvalue weighted by Crippen LogP contribution is 2.38. The van der Waals surface area contributed by atoms with E-state index in [1.807, 2.05) is 24.3 Å². The summed E-state index contributed by atoms with van der Waals surface area (Å²) < 4.78 is 0. The van der Waals surface area contributed by atoms with E-state index >= 15 is 0 Å². The van der Waals surface area contributed by atoms with Crippen molar-refractivity contribution in [3.8, 4) is 50.6 Å². The van der Waals surface area contributed by atoms with Gasteiger partial charge in [0.25, 0.3) is 0 Å². The second kappa shape index (κ2) is 12.9. The van der Waals surface area contributed by atoms with Crippen molar-refractivity contribution in [2.75, 3.05) is 0 Å². The summed E-state index contributed by atoms with van der Waals surface area (Å²) in [6.07, 6.45) is 8.46. The van der Waals surface area contributed by atoms with E-state index in [0.717, 1.165) is 89.4 Å². The second-order valence-electron chi connectivity index (χ2n) is 13.8. The summed E-state index contributed by atoms with van der Waals surface area (Å²) in [5.41, 5.74) is 19.6. The lowest BCUT2D eigenvalue weighted by molar-refractivity contribution is 1.31. The Morgan fingerprint density at radius 2 is 0.642 bits per heavy atom. The van der Waals surface area contributed by atoms with Gasteiger partial charge in [0.1, 0.15) is 0 Å². The number of aromatic amines is 2. The first kappa shape index (κ1) is 31.9. The smallest absolute Gasteiger partial charge is 0.0991 e. The minimum atomic E-state index is 0.610. The monoisotopic (exact) mass is 681 g/mol. The van der Waals surface area contributed by atoms with E-state index in [-0.39, 0.29) is 0 Å². The van der Waals surface area contributed by atoms with Crippen molar-refractivity contribution in [2.24, 2.45) is 0 Å². The van der Waals surface area contributed by atoms with Crippen LogP contribution in [0.2, 0.25) is 0 Å². The zero-order valence-electron chi connectivity index (χ0n) is 29.7. The van der Waals surface area contributed by atoms with Crippen molar-refractivity contribution in [3.63, 3.8) is 0 Å². The van der Waals surface area contributed by atoms with Gasteiger partial charge in [0.15, 0.2) is 0 Å². The lowest BCUT2D eigenvalue weighted by Gasteiger charge is -2.07. The van der Waals surface area contributed by atoms with Crippen molar-refractivity contribution in [1.29, 1.82) is 5.26 Å². The quantitative estimate of drug-likeness (QED) is 0.194. The molecule has 9 rings (SSSR count). The van der Waals surface area contributed by atoms with Gasteiger partial charge in [-0.3, -0.25) is 0 Å². The first-order valence-electron chi connectivity index (χ1n) is 17.8. The molecule has 0 amide bonds. The van der Waals surface area contributed by atoms with Crippen LogP contribution >= 0.6 is 0 Å². The molecule has 5 heterocycles. The Labute approximate surface area is 308 Å². The number of H-pyrrole nitrogens is 2. The summed E-state index contributed by atoms with van der Waals surface area (Å²) in [4.78, 5) is 18.4. The van der Waals surface area contributed by atoms with E-state index in [0.29, 0.717) is 5.56 Å². The number of aromatic nitrogens is 4. The molecule has 0 spiro atoms. The van der Waals surface area contributed by atoms with Crippen molar-refractivity contribution >= 4 is 46.4 Å². The van der Waals surface area contributed by atoms with E-state index in [4.69, 9.17) is 9.97 Å². The van der Waals surface area contributed by atoms with Crippen LogP contribution in [0.15, 0.2) is 121 Å². The summed E-state index contributed by atoms with van der Waals surface area (Å²) >= 11 is 0. The largest absolute Gasteiger partial charge is 0.354 e. The van der Waals surface area contributed by atoms with E-state index < -0.39 is 0 Å². The van der Waals surface area contributed by atoms with E-state index in [1.165, 1.54) is 16.7 Å². The zero-order valence-corrected chi connectivity index (χ0v) is 29.7. The van der Waals surface area contributed by atoms with E-state index in [1.54, 1.807) is 0 Å². The average Bonchev–Trinajstić information content (AvgIpc) is 4.02. The van der Waals surface area contributed by atoms with Gasteiger partial charge in [-0.05, 0) is 104 Å². The van der Waals surface area contributed by atoms with Crippen LogP contribution in [0, 0.1) is 32.1 Å². The van der Waals surface area contributed by atoms with Gasteiger partial charge in [-0.25, -0.2) is 9.97 Å². The third-order valence-electron chi connectivity index (χ3n) is 10.1. The van der Waals surface area contributed by atoms with Gasteiger partial charge >= 0.3 is 0 Å². The van der Waals surface area contributed by atoms with Crippen LogP contribution in [0.4, 0.5) is 0 Å². The maximum Gasteiger partial charge on any atom is 0.0991 e. The number of benzene rings is 4. The van der Waals surface area contributed by atoms with Crippen molar-refractivity contribution in [1.82, 2.24) is 19.9 Å². The third kappa shape index (κ3) is 5.87. The fourth-order valence-electron chi connectivity index (χ4n) is 7.29. The lowest BCUT2D eigenvalue weighted by Crippen LogP contribution is -1.90. The fraction of sp³-hybridized carbons (Fsp3) is 0.0625. The van der Waals surface area contributed by atoms with Gasteiger partial charge in [0.2, 0.25) is 0 Å². The number of nitrogens with one attached hydrogen (secondary N) is 2. The van der Waals surface area contributed by atoms with Gasteiger partial charge < -0.3 is 9.97 Å². The molecule has 0 radical (unpaired) electrons. The Balaban J connectivity index is 1.46. The van der Waals surface area contributed by atoms with E-state index in [2.05, 4.69) is 158 Å². The van der Waals surface area contributed by atoms with Crippen molar-refractivity contribution < 1.29 is 0 Å². The Bertz CT molecular complexity index is 2780. The highest BCUT2D eigenvalue weighted by atomic mass is 14.8.